The molecule has 0 saturated carbocycles. The maximum Gasteiger partial charge on any atom is 0.0361 e. The first-order chi connectivity index (χ1) is 17.5. The summed E-state index contributed by atoms with van der Waals surface area (Å²) >= 11 is 0. The Kier molecular flexibility index (Phi) is 6.60. The molecule has 0 aromatic heterocycles. The molecular weight excluding hydrogens is 436 g/mol. The number of hydrogen-bond donors (Lipinski definition) is 0. The molecule has 0 N–H and O–H groups in total. The van der Waals surface area contributed by atoms with Crippen LogP contribution in [0, 0.1) is 0 Å². The molecule has 0 aliphatic carbocycles. The fraction of sp³-hybridized carbons (Fsp3) is 0.118. The molecule has 0 spiro atoms. The number of rotatable bonds is 6. The second kappa shape index (κ2) is 10.1. The van der Waals surface area contributed by atoms with Crippen molar-refractivity contribution in [1.29, 1.82) is 0 Å². The highest BCUT2D eigenvalue weighted by molar-refractivity contribution is 6.01. The van der Waals surface area contributed by atoms with Gasteiger partial charge in [-0.25, -0.2) is 0 Å². The van der Waals surface area contributed by atoms with Gasteiger partial charge < -0.3 is 9.80 Å². The minimum absolute atomic E-state index is 1.19. The summed E-state index contributed by atoms with van der Waals surface area (Å²) in [6, 6.07) is 43.8. The Labute approximate surface area is 215 Å². The van der Waals surface area contributed by atoms with Gasteiger partial charge in [0.05, 0.1) is 0 Å². The van der Waals surface area contributed by atoms with Crippen LogP contribution in [0.5, 0.6) is 0 Å². The first-order valence-electron chi connectivity index (χ1n) is 12.4. The number of anilines is 2. The molecule has 0 amide bonds. The van der Waals surface area contributed by atoms with Gasteiger partial charge >= 0.3 is 0 Å². The van der Waals surface area contributed by atoms with Gasteiger partial charge in [-0.3, -0.25) is 0 Å². The third-order valence-electron chi connectivity index (χ3n) is 6.72. The van der Waals surface area contributed by atoms with Gasteiger partial charge in [0.1, 0.15) is 0 Å². The summed E-state index contributed by atoms with van der Waals surface area (Å²) in [6.45, 7) is 0. The van der Waals surface area contributed by atoms with Crippen molar-refractivity contribution in [2.75, 3.05) is 38.0 Å². The smallest absolute Gasteiger partial charge is 0.0361 e. The van der Waals surface area contributed by atoms with Crippen LogP contribution in [0.25, 0.3) is 44.5 Å². The highest BCUT2D eigenvalue weighted by Crippen LogP contribution is 2.46. The lowest BCUT2D eigenvalue weighted by atomic mass is 9.83. The lowest BCUT2D eigenvalue weighted by molar-refractivity contribution is 1.13. The van der Waals surface area contributed by atoms with Gasteiger partial charge in [-0.2, -0.15) is 0 Å². The molecule has 5 rings (SSSR count). The SMILES string of the molecule is CN(C)c1ccc(-c2c(-c3ccccc3)ccc(-c3ccccc3)c2-c2ccc(N(C)C)cc2)cc1. The van der Waals surface area contributed by atoms with E-state index in [4.69, 9.17) is 0 Å². The number of hydrogen-bond acceptors (Lipinski definition) is 2. The van der Waals surface area contributed by atoms with Crippen LogP contribution in [0.3, 0.4) is 0 Å². The van der Waals surface area contributed by atoms with E-state index in [0.717, 1.165) is 0 Å². The van der Waals surface area contributed by atoms with Crippen molar-refractivity contribution in [2.24, 2.45) is 0 Å². The van der Waals surface area contributed by atoms with Crippen LogP contribution in [0.1, 0.15) is 0 Å². The van der Waals surface area contributed by atoms with E-state index in [2.05, 4.69) is 159 Å². The van der Waals surface area contributed by atoms with Crippen LogP contribution >= 0.6 is 0 Å². The minimum atomic E-state index is 1.19. The van der Waals surface area contributed by atoms with Crippen LogP contribution in [-0.2, 0) is 0 Å². The van der Waals surface area contributed by atoms with Crippen molar-refractivity contribution >= 4 is 11.4 Å². The van der Waals surface area contributed by atoms with Crippen molar-refractivity contribution in [1.82, 2.24) is 0 Å². The fourth-order valence-corrected chi connectivity index (χ4v) is 4.77. The molecule has 5 aromatic rings. The van der Waals surface area contributed by atoms with Crippen molar-refractivity contribution in [3.8, 4) is 44.5 Å². The van der Waals surface area contributed by atoms with E-state index >= 15 is 0 Å². The summed E-state index contributed by atoms with van der Waals surface area (Å²) < 4.78 is 0. The summed E-state index contributed by atoms with van der Waals surface area (Å²) in [5, 5.41) is 0. The van der Waals surface area contributed by atoms with Gasteiger partial charge in [0.25, 0.3) is 0 Å². The van der Waals surface area contributed by atoms with Crippen molar-refractivity contribution < 1.29 is 0 Å². The van der Waals surface area contributed by atoms with Gasteiger partial charge in [0.15, 0.2) is 0 Å². The van der Waals surface area contributed by atoms with E-state index in [0.29, 0.717) is 0 Å². The minimum Gasteiger partial charge on any atom is -0.378 e. The predicted molar refractivity (Wildman–Crippen MR) is 157 cm³/mol. The first-order valence-corrected chi connectivity index (χ1v) is 12.4. The lowest BCUT2D eigenvalue weighted by Gasteiger charge is -2.22. The van der Waals surface area contributed by atoms with Gasteiger partial charge in [-0.1, -0.05) is 97.1 Å². The van der Waals surface area contributed by atoms with Crippen molar-refractivity contribution in [3.05, 3.63) is 121 Å². The quantitative estimate of drug-likeness (QED) is 0.246. The Bertz CT molecular complexity index is 1320. The van der Waals surface area contributed by atoms with Crippen LogP contribution in [0.2, 0.25) is 0 Å². The molecule has 0 fully saturated rings. The third kappa shape index (κ3) is 4.63. The average molecular weight is 469 g/mol. The molecule has 5 aromatic carbocycles. The summed E-state index contributed by atoms with van der Waals surface area (Å²) in [5.41, 5.74) is 12.2. The molecule has 0 saturated heterocycles. The van der Waals surface area contributed by atoms with Gasteiger partial charge in [-0.05, 0) is 68.8 Å². The summed E-state index contributed by atoms with van der Waals surface area (Å²) in [7, 11) is 8.33. The van der Waals surface area contributed by atoms with Crippen LogP contribution in [0.15, 0.2) is 121 Å². The third-order valence-corrected chi connectivity index (χ3v) is 6.72. The second-order valence-corrected chi connectivity index (χ2v) is 9.53. The van der Waals surface area contributed by atoms with Crippen LogP contribution in [0.4, 0.5) is 11.4 Å². The standard InChI is InChI=1S/C34H32N2/c1-35(2)29-19-15-27(16-20-29)33-31(25-11-7-5-8-12-25)23-24-32(26-13-9-6-10-14-26)34(33)28-17-21-30(22-18-28)36(3)4/h5-24H,1-4H3. The van der Waals surface area contributed by atoms with Gasteiger partial charge in [0.2, 0.25) is 0 Å². The van der Waals surface area contributed by atoms with E-state index in [1.807, 2.05) is 0 Å². The lowest BCUT2D eigenvalue weighted by Crippen LogP contribution is -2.08. The molecular formula is C34H32N2. The first kappa shape index (κ1) is 23.4. The molecule has 2 heteroatoms. The summed E-state index contributed by atoms with van der Waals surface area (Å²) in [6.07, 6.45) is 0. The highest BCUT2D eigenvalue weighted by Gasteiger charge is 2.19. The molecule has 0 heterocycles. The van der Waals surface area contributed by atoms with E-state index in [1.165, 1.54) is 55.9 Å². The normalized spacial score (nSPS) is 10.8. The monoisotopic (exact) mass is 468 g/mol. The maximum absolute atomic E-state index is 2.28. The zero-order valence-electron chi connectivity index (χ0n) is 21.4. The second-order valence-electron chi connectivity index (χ2n) is 9.53. The van der Waals surface area contributed by atoms with Crippen LogP contribution in [-0.4, -0.2) is 28.2 Å². The van der Waals surface area contributed by atoms with Crippen molar-refractivity contribution in [3.63, 3.8) is 0 Å². The summed E-state index contributed by atoms with van der Waals surface area (Å²) in [5.74, 6) is 0. The topological polar surface area (TPSA) is 6.48 Å². The molecule has 0 unspecified atom stereocenters. The van der Waals surface area contributed by atoms with Gasteiger partial charge in [0, 0.05) is 39.6 Å². The van der Waals surface area contributed by atoms with E-state index < -0.39 is 0 Å². The zero-order chi connectivity index (χ0) is 25.1. The number of nitrogens with zero attached hydrogens (tertiary/aromatic N) is 2. The Hall–Kier alpha value is -4.30. The fourth-order valence-electron chi connectivity index (χ4n) is 4.77. The van der Waals surface area contributed by atoms with E-state index in [1.54, 1.807) is 0 Å². The molecule has 178 valence electrons. The average Bonchev–Trinajstić information content (AvgIpc) is 2.93. The molecule has 0 atom stereocenters. The largest absolute Gasteiger partial charge is 0.378 e. The zero-order valence-corrected chi connectivity index (χ0v) is 21.4. The molecule has 0 bridgehead atoms. The highest BCUT2D eigenvalue weighted by atomic mass is 15.1. The molecule has 0 aliphatic heterocycles. The van der Waals surface area contributed by atoms with Crippen LogP contribution < -0.4 is 9.80 Å². The van der Waals surface area contributed by atoms with E-state index in [9.17, 15) is 0 Å². The Morgan fingerprint density at radius 3 is 0.972 bits per heavy atom. The Balaban J connectivity index is 1.85. The molecule has 0 aliphatic rings. The molecule has 36 heavy (non-hydrogen) atoms. The number of benzene rings is 5. The van der Waals surface area contributed by atoms with E-state index in [-0.39, 0.29) is 0 Å². The summed E-state index contributed by atoms with van der Waals surface area (Å²) in [4.78, 5) is 4.28. The molecule has 0 radical (unpaired) electrons. The molecule has 2 nitrogen and oxygen atoms in total. The Morgan fingerprint density at radius 1 is 0.333 bits per heavy atom. The van der Waals surface area contributed by atoms with Gasteiger partial charge in [-0.15, -0.1) is 0 Å². The predicted octanol–water partition coefficient (Wildman–Crippen LogP) is 8.49. The maximum atomic E-state index is 2.28. The Morgan fingerprint density at radius 2 is 0.667 bits per heavy atom. The van der Waals surface area contributed by atoms with Crippen molar-refractivity contribution in [2.45, 2.75) is 0 Å².